The van der Waals surface area contributed by atoms with Crippen LogP contribution in [0.2, 0.25) is 0 Å². The van der Waals surface area contributed by atoms with Gasteiger partial charge in [-0.2, -0.15) is 0 Å². The van der Waals surface area contributed by atoms with Crippen LogP contribution in [0.25, 0.3) is 0 Å². The summed E-state index contributed by atoms with van der Waals surface area (Å²) in [4.78, 5) is 11.6. The maximum absolute atomic E-state index is 11.6. The number of carbonyl (C=O) groups excluding carboxylic acids is 1. The zero-order chi connectivity index (χ0) is 12.3. The highest BCUT2D eigenvalue weighted by molar-refractivity contribution is 5.72. The van der Waals surface area contributed by atoms with Crippen molar-refractivity contribution in [1.82, 2.24) is 0 Å². The average Bonchev–Trinajstić information content (AvgIpc) is 2.57. The summed E-state index contributed by atoms with van der Waals surface area (Å²) in [5.74, 6) is -0.764. The smallest absolute Gasteiger partial charge is 0.309 e. The molecule has 3 atom stereocenters. The largest absolute Gasteiger partial charge is 0.466 e. The van der Waals surface area contributed by atoms with Crippen molar-refractivity contribution in [3.05, 3.63) is 0 Å². The van der Waals surface area contributed by atoms with Crippen LogP contribution in [0.4, 0.5) is 0 Å². The minimum absolute atomic E-state index is 0.0330. The van der Waals surface area contributed by atoms with E-state index < -0.39 is 5.79 Å². The molecule has 2 unspecified atom stereocenters. The Balaban J connectivity index is 2.51. The van der Waals surface area contributed by atoms with Crippen molar-refractivity contribution in [3.63, 3.8) is 0 Å². The summed E-state index contributed by atoms with van der Waals surface area (Å²) in [5, 5.41) is 0. The second-order valence-corrected chi connectivity index (χ2v) is 4.77. The number of carbonyl (C=O) groups is 1. The molecular formula is C12H22O4. The van der Waals surface area contributed by atoms with Gasteiger partial charge in [0, 0.05) is 0 Å². The van der Waals surface area contributed by atoms with Crippen LogP contribution >= 0.6 is 0 Å². The highest BCUT2D eigenvalue weighted by Gasteiger charge is 2.39. The number of hydrogen-bond donors (Lipinski definition) is 0. The van der Waals surface area contributed by atoms with Crippen LogP contribution in [-0.4, -0.2) is 31.1 Å². The molecule has 0 aromatic heterocycles. The normalized spacial score (nSPS) is 27.4. The Bertz CT molecular complexity index is 249. The first-order valence-corrected chi connectivity index (χ1v) is 5.85. The molecule has 0 bridgehead atoms. The van der Waals surface area contributed by atoms with E-state index in [4.69, 9.17) is 14.2 Å². The first-order valence-electron chi connectivity index (χ1n) is 5.85. The average molecular weight is 230 g/mol. The molecule has 1 rings (SSSR count). The predicted octanol–water partition coefficient (Wildman–Crippen LogP) is 1.97. The standard InChI is InChI=1S/C12H22O4/c1-6-14-11(13)9(3)8(2)10-7-15-12(4,5)16-10/h8-10H,6-7H2,1-5H3/t8?,9?,10-/m1/s1. The molecule has 16 heavy (non-hydrogen) atoms. The van der Waals surface area contributed by atoms with Gasteiger partial charge in [-0.1, -0.05) is 13.8 Å². The van der Waals surface area contributed by atoms with E-state index in [-0.39, 0.29) is 23.9 Å². The summed E-state index contributed by atoms with van der Waals surface area (Å²) in [5.41, 5.74) is 0. The minimum atomic E-state index is -0.534. The summed E-state index contributed by atoms with van der Waals surface area (Å²) in [6.07, 6.45) is -0.0330. The van der Waals surface area contributed by atoms with E-state index in [1.54, 1.807) is 0 Å². The van der Waals surface area contributed by atoms with Gasteiger partial charge in [-0.05, 0) is 26.7 Å². The Morgan fingerprint density at radius 3 is 2.56 bits per heavy atom. The molecular weight excluding hydrogens is 208 g/mol. The second-order valence-electron chi connectivity index (χ2n) is 4.77. The fraction of sp³-hybridized carbons (Fsp3) is 0.917. The van der Waals surface area contributed by atoms with E-state index in [0.717, 1.165) is 0 Å². The van der Waals surface area contributed by atoms with Gasteiger partial charge in [0.2, 0.25) is 0 Å². The number of ether oxygens (including phenoxy) is 3. The zero-order valence-corrected chi connectivity index (χ0v) is 10.8. The lowest BCUT2D eigenvalue weighted by Crippen LogP contribution is -2.33. The maximum Gasteiger partial charge on any atom is 0.309 e. The van der Waals surface area contributed by atoms with Crippen molar-refractivity contribution in [2.24, 2.45) is 11.8 Å². The van der Waals surface area contributed by atoms with Crippen LogP contribution in [0.1, 0.15) is 34.6 Å². The van der Waals surface area contributed by atoms with Crippen LogP contribution in [0.5, 0.6) is 0 Å². The fourth-order valence-corrected chi connectivity index (χ4v) is 1.78. The van der Waals surface area contributed by atoms with Crippen molar-refractivity contribution in [2.75, 3.05) is 13.2 Å². The predicted molar refractivity (Wildman–Crippen MR) is 59.9 cm³/mol. The van der Waals surface area contributed by atoms with Gasteiger partial charge >= 0.3 is 5.97 Å². The van der Waals surface area contributed by atoms with Gasteiger partial charge in [-0.15, -0.1) is 0 Å². The minimum Gasteiger partial charge on any atom is -0.466 e. The van der Waals surface area contributed by atoms with Gasteiger partial charge in [0.05, 0.1) is 25.2 Å². The van der Waals surface area contributed by atoms with Gasteiger partial charge < -0.3 is 14.2 Å². The van der Waals surface area contributed by atoms with Gasteiger partial charge in [0.15, 0.2) is 5.79 Å². The van der Waals surface area contributed by atoms with Gasteiger partial charge in [0.1, 0.15) is 0 Å². The Hall–Kier alpha value is -0.610. The topological polar surface area (TPSA) is 44.8 Å². The number of esters is 1. The monoisotopic (exact) mass is 230 g/mol. The van der Waals surface area contributed by atoms with Crippen LogP contribution < -0.4 is 0 Å². The summed E-state index contributed by atoms with van der Waals surface area (Å²) in [6, 6.07) is 0. The summed E-state index contributed by atoms with van der Waals surface area (Å²) < 4.78 is 16.2. The molecule has 0 aromatic rings. The molecule has 0 amide bonds. The van der Waals surface area contributed by atoms with E-state index in [2.05, 4.69) is 0 Å². The van der Waals surface area contributed by atoms with Gasteiger partial charge in [-0.3, -0.25) is 4.79 Å². The Morgan fingerprint density at radius 1 is 1.50 bits per heavy atom. The highest BCUT2D eigenvalue weighted by atomic mass is 16.7. The van der Waals surface area contributed by atoms with E-state index >= 15 is 0 Å². The molecule has 0 radical (unpaired) electrons. The molecule has 1 aliphatic rings. The van der Waals surface area contributed by atoms with Gasteiger partial charge in [-0.25, -0.2) is 0 Å². The molecule has 4 heteroatoms. The summed E-state index contributed by atoms with van der Waals surface area (Å²) in [7, 11) is 0. The molecule has 1 heterocycles. The second kappa shape index (κ2) is 5.15. The lowest BCUT2D eigenvalue weighted by molar-refractivity contribution is -0.158. The SMILES string of the molecule is CCOC(=O)C(C)C(C)[C@H]1COC(C)(C)O1. The molecule has 4 nitrogen and oxygen atoms in total. The molecule has 94 valence electrons. The van der Waals surface area contributed by atoms with E-state index in [1.165, 1.54) is 0 Å². The van der Waals surface area contributed by atoms with Crippen molar-refractivity contribution in [2.45, 2.75) is 46.5 Å². The number of hydrogen-bond acceptors (Lipinski definition) is 4. The van der Waals surface area contributed by atoms with E-state index in [0.29, 0.717) is 13.2 Å². The zero-order valence-electron chi connectivity index (χ0n) is 10.8. The van der Waals surface area contributed by atoms with Crippen LogP contribution in [-0.2, 0) is 19.0 Å². The van der Waals surface area contributed by atoms with Crippen LogP contribution in [0, 0.1) is 11.8 Å². The first kappa shape index (κ1) is 13.5. The number of rotatable bonds is 4. The first-order chi connectivity index (χ1) is 7.37. The van der Waals surface area contributed by atoms with E-state index in [1.807, 2.05) is 34.6 Å². The van der Waals surface area contributed by atoms with Crippen molar-refractivity contribution < 1.29 is 19.0 Å². The molecule has 1 saturated heterocycles. The molecule has 1 aliphatic heterocycles. The maximum atomic E-state index is 11.6. The lowest BCUT2D eigenvalue weighted by Gasteiger charge is -2.24. The van der Waals surface area contributed by atoms with Crippen molar-refractivity contribution in [3.8, 4) is 0 Å². The third kappa shape index (κ3) is 3.19. The van der Waals surface area contributed by atoms with Crippen LogP contribution in [0.3, 0.4) is 0 Å². The Morgan fingerprint density at radius 2 is 2.12 bits per heavy atom. The fourth-order valence-electron chi connectivity index (χ4n) is 1.78. The van der Waals surface area contributed by atoms with E-state index in [9.17, 15) is 4.79 Å². The Labute approximate surface area is 97.2 Å². The lowest BCUT2D eigenvalue weighted by atomic mass is 9.91. The molecule has 0 aliphatic carbocycles. The molecule has 0 spiro atoms. The highest BCUT2D eigenvalue weighted by Crippen LogP contribution is 2.30. The Kier molecular flexibility index (Phi) is 4.33. The molecule has 0 saturated carbocycles. The quantitative estimate of drug-likeness (QED) is 0.693. The summed E-state index contributed by atoms with van der Waals surface area (Å²) in [6.45, 7) is 10.4. The third-order valence-corrected chi connectivity index (χ3v) is 3.06. The summed E-state index contributed by atoms with van der Waals surface area (Å²) >= 11 is 0. The third-order valence-electron chi connectivity index (χ3n) is 3.06. The molecule has 0 N–H and O–H groups in total. The van der Waals surface area contributed by atoms with Crippen LogP contribution in [0.15, 0.2) is 0 Å². The molecule has 0 aromatic carbocycles. The van der Waals surface area contributed by atoms with Crippen molar-refractivity contribution >= 4 is 5.97 Å². The van der Waals surface area contributed by atoms with Crippen molar-refractivity contribution in [1.29, 1.82) is 0 Å². The molecule has 1 fully saturated rings. The van der Waals surface area contributed by atoms with Gasteiger partial charge in [0.25, 0.3) is 0 Å².